The molecule has 104 heavy (non-hydrogen) atoms. The van der Waals surface area contributed by atoms with Gasteiger partial charge >= 0.3 is 0 Å². The summed E-state index contributed by atoms with van der Waals surface area (Å²) >= 11 is 0. The van der Waals surface area contributed by atoms with E-state index < -0.39 is 0 Å². The normalized spacial score (nSPS) is 12.9. The Morgan fingerprint density at radius 3 is 1.36 bits per heavy atom. The van der Waals surface area contributed by atoms with Crippen LogP contribution in [0.15, 0.2) is 308 Å². The van der Waals surface area contributed by atoms with E-state index in [0.29, 0.717) is 34.9 Å². The van der Waals surface area contributed by atoms with E-state index in [2.05, 4.69) is 211 Å². The van der Waals surface area contributed by atoms with Crippen LogP contribution in [0.25, 0.3) is 190 Å². The summed E-state index contributed by atoms with van der Waals surface area (Å²) in [5, 5.41) is 6.41. The highest BCUT2D eigenvalue weighted by atomic mass is 16.5. The van der Waals surface area contributed by atoms with Gasteiger partial charge in [-0.15, -0.1) is 0 Å². The van der Waals surface area contributed by atoms with Crippen LogP contribution in [0, 0.1) is 0 Å². The Balaban J connectivity index is 0.642. The second kappa shape index (κ2) is 22.0. The van der Waals surface area contributed by atoms with E-state index in [1.54, 1.807) is 0 Å². The molecule has 486 valence electrons. The molecule has 0 atom stereocenters. The zero-order valence-corrected chi connectivity index (χ0v) is 56.2. The molecule has 14 aromatic carbocycles. The Hall–Kier alpha value is -13.9. The van der Waals surface area contributed by atoms with Crippen molar-refractivity contribution in [1.29, 1.82) is 0 Å². The fraction of sp³-hybridized carbons (Fsp3) is 0.0323. The maximum atomic E-state index is 6.92. The van der Waals surface area contributed by atoms with Crippen LogP contribution in [0.5, 0.6) is 23.0 Å². The van der Waals surface area contributed by atoms with Crippen molar-refractivity contribution < 1.29 is 13.9 Å². The third-order valence-corrected chi connectivity index (χ3v) is 21.4. The number of hydrogen-bond donors (Lipinski definition) is 0. The first-order valence-electron chi connectivity index (χ1n) is 35.0. The van der Waals surface area contributed by atoms with Gasteiger partial charge in [0.15, 0.2) is 57.9 Å². The number of ether oxygens (including phenoxy) is 2. The summed E-state index contributed by atoms with van der Waals surface area (Å²) in [5.74, 6) is 6.83. The van der Waals surface area contributed by atoms with Crippen LogP contribution in [0.1, 0.15) is 25.0 Å². The molecule has 0 spiro atoms. The molecule has 2 aliphatic heterocycles. The summed E-state index contributed by atoms with van der Waals surface area (Å²) in [7, 11) is 0. The predicted octanol–water partition coefficient (Wildman–Crippen LogP) is 23.7. The average molecular weight is 1330 g/mol. The van der Waals surface area contributed by atoms with E-state index in [9.17, 15) is 0 Å². The topological polar surface area (TPSA) is 119 Å². The molecule has 0 bridgehead atoms. The minimum atomic E-state index is -0.297. The van der Waals surface area contributed by atoms with Gasteiger partial charge < -0.3 is 23.0 Å². The van der Waals surface area contributed by atoms with Gasteiger partial charge in [-0.3, -0.25) is 0 Å². The zero-order chi connectivity index (χ0) is 68.5. The number of benzene rings is 14. The highest BCUT2D eigenvalue weighted by Crippen LogP contribution is 2.55. The quantitative estimate of drug-likeness (QED) is 0.139. The number of rotatable bonds is 9. The summed E-state index contributed by atoms with van der Waals surface area (Å²) in [6.45, 7) is 4.65. The number of furan rings is 1. The molecule has 5 aromatic heterocycles. The van der Waals surface area contributed by atoms with E-state index >= 15 is 0 Å². The van der Waals surface area contributed by atoms with Gasteiger partial charge in [0.2, 0.25) is 0 Å². The molecule has 0 radical (unpaired) electrons. The second-order valence-electron chi connectivity index (χ2n) is 27.7. The number of aromatic nitrogens is 8. The van der Waals surface area contributed by atoms with Crippen molar-refractivity contribution in [2.75, 3.05) is 0 Å². The van der Waals surface area contributed by atoms with Gasteiger partial charge in [0.05, 0.1) is 33.4 Å². The molecule has 11 heteroatoms. The molecular formula is C93H56N8O3. The van der Waals surface area contributed by atoms with Crippen molar-refractivity contribution in [3.8, 4) is 147 Å². The van der Waals surface area contributed by atoms with E-state index in [4.69, 9.17) is 43.8 Å². The van der Waals surface area contributed by atoms with Crippen LogP contribution >= 0.6 is 0 Å². The Bertz CT molecular complexity index is 6820. The summed E-state index contributed by atoms with van der Waals surface area (Å²) < 4.78 is 24.7. The Labute approximate surface area is 595 Å². The maximum absolute atomic E-state index is 6.92. The van der Waals surface area contributed by atoms with E-state index in [1.165, 1.54) is 22.1 Å². The molecule has 0 fully saturated rings. The predicted molar refractivity (Wildman–Crippen MR) is 416 cm³/mol. The van der Waals surface area contributed by atoms with Crippen molar-refractivity contribution >= 4 is 65.6 Å². The largest absolute Gasteiger partial charge is 0.456 e. The maximum Gasteiger partial charge on any atom is 0.164 e. The van der Waals surface area contributed by atoms with Gasteiger partial charge in [-0.2, -0.15) is 0 Å². The van der Waals surface area contributed by atoms with Gasteiger partial charge in [0.1, 0.15) is 11.2 Å². The molecule has 7 heterocycles. The SMILES string of the molecule is CC1(C)c2ccc(-c3ccc4c(c3)c3cccc5c3n4-c3ccccc3O5)cc2-c2c(-c3nc(-c4ccccc4)nc(-c4ccc(-c5cc6c7c(c5)c5cc(-c8ccc9oc%10cccc(-c%11nc(-c%12ccccc%12)nc(-c%12ccccc%12)n%11)c%10c9c8)ccc5n7-c5ccccc5O6)cc4)n3)cccc21. The first-order valence-corrected chi connectivity index (χ1v) is 35.0. The number of para-hydroxylation sites is 5. The van der Waals surface area contributed by atoms with E-state index in [1.807, 2.05) is 115 Å². The minimum Gasteiger partial charge on any atom is -0.456 e. The standard InChI is InChI=1S/C93H56N8O3/c1-93(2)71-43-39-58(59-40-44-73-66(47-59)63-25-17-34-81-85(63)100(73)75-29-12-14-31-78(75)103-81)49-69(71)83-64(26-16-28-72(83)93)91-96-89(56-23-10-5-11-24-56)95-90(99-91)57-37-35-53(36-38-57)62-51-68-67-48-60(41-45-74(67)101-76-30-13-15-32-79(76)104-82(52-62)86(68)101)61-42-46-77-70(50-61)84-65(27-18-33-80(84)102-77)92-97-87(54-19-6-3-7-20-54)94-88(98-92)55-21-8-4-9-22-55/h3-52H,1-2H3. The van der Waals surface area contributed by atoms with Gasteiger partial charge in [0.25, 0.3) is 0 Å². The molecule has 0 saturated heterocycles. The van der Waals surface area contributed by atoms with Crippen LogP contribution in [0.4, 0.5) is 0 Å². The third-order valence-electron chi connectivity index (χ3n) is 21.4. The smallest absolute Gasteiger partial charge is 0.164 e. The lowest BCUT2D eigenvalue weighted by atomic mass is 9.82. The van der Waals surface area contributed by atoms with Crippen molar-refractivity contribution in [1.82, 2.24) is 39.0 Å². The molecular weight excluding hydrogens is 1280 g/mol. The minimum absolute atomic E-state index is 0.297. The van der Waals surface area contributed by atoms with Crippen LogP contribution in [0.2, 0.25) is 0 Å². The molecule has 0 unspecified atom stereocenters. The van der Waals surface area contributed by atoms with Gasteiger partial charge in [0, 0.05) is 71.1 Å². The third kappa shape index (κ3) is 8.77. The van der Waals surface area contributed by atoms with E-state index in [-0.39, 0.29) is 5.41 Å². The second-order valence-corrected chi connectivity index (χ2v) is 27.7. The first-order chi connectivity index (χ1) is 51.3. The van der Waals surface area contributed by atoms with Gasteiger partial charge in [-0.1, -0.05) is 226 Å². The van der Waals surface area contributed by atoms with Crippen LogP contribution in [-0.4, -0.2) is 39.0 Å². The van der Waals surface area contributed by atoms with Crippen LogP contribution in [-0.2, 0) is 5.41 Å². The van der Waals surface area contributed by atoms with E-state index in [0.717, 1.165) is 167 Å². The highest BCUT2D eigenvalue weighted by molar-refractivity contribution is 6.17. The molecule has 11 nitrogen and oxygen atoms in total. The summed E-state index contributed by atoms with van der Waals surface area (Å²) in [5.41, 5.74) is 24.2. The molecule has 3 aliphatic rings. The lowest BCUT2D eigenvalue weighted by Crippen LogP contribution is -2.14. The Morgan fingerprint density at radius 2 is 0.721 bits per heavy atom. The fourth-order valence-corrected chi connectivity index (χ4v) is 16.5. The summed E-state index contributed by atoms with van der Waals surface area (Å²) in [4.78, 5) is 31.4. The number of fused-ring (bicyclic) bond motifs is 16. The number of nitrogens with zero attached hydrogens (tertiary/aromatic N) is 8. The monoisotopic (exact) mass is 1330 g/mol. The zero-order valence-electron chi connectivity index (χ0n) is 56.2. The fourth-order valence-electron chi connectivity index (χ4n) is 16.5. The van der Waals surface area contributed by atoms with Crippen LogP contribution in [0.3, 0.4) is 0 Å². The summed E-state index contributed by atoms with van der Waals surface area (Å²) in [6.07, 6.45) is 0. The van der Waals surface area contributed by atoms with Gasteiger partial charge in [-0.05, 0) is 147 Å². The lowest BCUT2D eigenvalue weighted by Gasteiger charge is -2.21. The Morgan fingerprint density at radius 1 is 0.269 bits per heavy atom. The molecule has 1 aliphatic carbocycles. The molecule has 0 N–H and O–H groups in total. The van der Waals surface area contributed by atoms with Crippen molar-refractivity contribution in [2.45, 2.75) is 19.3 Å². The Kier molecular flexibility index (Phi) is 12.3. The van der Waals surface area contributed by atoms with Gasteiger partial charge in [-0.25, -0.2) is 29.9 Å². The summed E-state index contributed by atoms with van der Waals surface area (Å²) in [6, 6.07) is 106. The van der Waals surface area contributed by atoms with Crippen molar-refractivity contribution in [3.63, 3.8) is 0 Å². The van der Waals surface area contributed by atoms with Crippen molar-refractivity contribution in [2.24, 2.45) is 0 Å². The van der Waals surface area contributed by atoms with Crippen LogP contribution < -0.4 is 9.47 Å². The molecule has 19 aromatic rings. The molecule has 0 saturated carbocycles. The molecule has 0 amide bonds. The number of hydrogen-bond acceptors (Lipinski definition) is 9. The average Bonchev–Trinajstić information content (AvgIpc) is 1.33. The first kappa shape index (κ1) is 57.9. The lowest BCUT2D eigenvalue weighted by molar-refractivity contribution is 0.476. The van der Waals surface area contributed by atoms with Crippen molar-refractivity contribution in [3.05, 3.63) is 314 Å². The molecule has 22 rings (SSSR count). The highest BCUT2D eigenvalue weighted by Gasteiger charge is 2.38.